The summed E-state index contributed by atoms with van der Waals surface area (Å²) in [5.74, 6) is 0. The summed E-state index contributed by atoms with van der Waals surface area (Å²) in [6.45, 7) is 0.471. The number of hydrogen-bond acceptors (Lipinski definition) is 6. The van der Waals surface area contributed by atoms with Crippen LogP contribution in [0.25, 0.3) is 0 Å². The predicted molar refractivity (Wildman–Crippen MR) is 78.7 cm³/mol. The Kier molecular flexibility index (Phi) is 4.28. The third kappa shape index (κ3) is 3.48. The van der Waals surface area contributed by atoms with Gasteiger partial charge >= 0.3 is 0 Å². The summed E-state index contributed by atoms with van der Waals surface area (Å²) in [4.78, 5) is 4.65. The van der Waals surface area contributed by atoms with Crippen LogP contribution >= 0.6 is 22.9 Å². The van der Waals surface area contributed by atoms with Crippen LogP contribution in [0.5, 0.6) is 0 Å². The van der Waals surface area contributed by atoms with E-state index in [-0.39, 0.29) is 10.0 Å². The smallest absolute Gasteiger partial charge is 0.185 e. The molecule has 1 aromatic carbocycles. The molecule has 0 aliphatic heterocycles. The van der Waals surface area contributed by atoms with Crippen LogP contribution in [-0.2, 0) is 16.4 Å². The van der Waals surface area contributed by atoms with Gasteiger partial charge in [0.25, 0.3) is 0 Å². The van der Waals surface area contributed by atoms with Crippen LogP contribution in [0.4, 0.5) is 5.13 Å². The number of aromatic nitrogens is 1. The maximum Gasteiger partial charge on any atom is 0.185 e. The molecule has 0 amide bonds. The second-order valence-corrected chi connectivity index (χ2v) is 7.39. The normalized spacial score (nSPS) is 11.1. The molecule has 1 heterocycles. The number of benzene rings is 1. The molecule has 0 spiro atoms. The zero-order valence-corrected chi connectivity index (χ0v) is 12.8. The van der Waals surface area contributed by atoms with Crippen molar-refractivity contribution < 1.29 is 8.42 Å². The molecule has 0 aliphatic rings. The van der Waals surface area contributed by atoms with Gasteiger partial charge in [0.05, 0.1) is 4.90 Å². The van der Waals surface area contributed by atoms with Gasteiger partial charge in [-0.05, 0) is 17.7 Å². The van der Waals surface area contributed by atoms with Crippen molar-refractivity contribution in [3.05, 3.63) is 39.9 Å². The number of nitriles is 1. The van der Waals surface area contributed by atoms with Crippen molar-refractivity contribution in [3.8, 4) is 6.07 Å². The Balaban J connectivity index is 2.06. The summed E-state index contributed by atoms with van der Waals surface area (Å²) in [5.41, 5.74) is 0.905. The number of rotatable bonds is 4. The van der Waals surface area contributed by atoms with Crippen LogP contribution in [0.15, 0.2) is 29.2 Å². The van der Waals surface area contributed by atoms with E-state index in [9.17, 15) is 8.42 Å². The molecule has 104 valence electrons. The zero-order valence-electron chi connectivity index (χ0n) is 10.4. The fraction of sp³-hybridized carbons (Fsp3) is 0.167. The highest BCUT2D eigenvalue weighted by atomic mass is 35.5. The number of nitrogens with zero attached hydrogens (tertiary/aromatic N) is 2. The number of halogens is 1. The molecule has 2 aromatic rings. The molecule has 1 N–H and O–H groups in total. The number of nitrogens with one attached hydrogen (secondary N) is 1. The van der Waals surface area contributed by atoms with E-state index >= 15 is 0 Å². The Bertz CT molecular complexity index is 761. The van der Waals surface area contributed by atoms with Crippen LogP contribution in [0, 0.1) is 11.3 Å². The second-order valence-electron chi connectivity index (χ2n) is 4.02. The van der Waals surface area contributed by atoms with Gasteiger partial charge < -0.3 is 5.32 Å². The third-order valence-electron chi connectivity index (χ3n) is 2.48. The van der Waals surface area contributed by atoms with E-state index in [1.165, 1.54) is 17.6 Å². The highest BCUT2D eigenvalue weighted by Crippen LogP contribution is 2.26. The molecule has 0 radical (unpaired) electrons. The number of anilines is 1. The van der Waals surface area contributed by atoms with Crippen molar-refractivity contribution in [2.24, 2.45) is 0 Å². The van der Waals surface area contributed by atoms with Crippen LogP contribution in [0.3, 0.4) is 0 Å². The average molecular weight is 328 g/mol. The van der Waals surface area contributed by atoms with Gasteiger partial charge in [-0.25, -0.2) is 13.4 Å². The third-order valence-corrected chi connectivity index (χ3v) is 4.91. The first kappa shape index (κ1) is 14.8. The van der Waals surface area contributed by atoms with E-state index in [1.54, 1.807) is 24.3 Å². The number of thiazole rings is 1. The SMILES string of the molecule is CS(=O)(=O)c1ccc(CNc2nc(Cl)c(C#N)s2)cc1. The molecular weight excluding hydrogens is 318 g/mol. The molecule has 8 heteroatoms. The predicted octanol–water partition coefficient (Wildman–Crippen LogP) is 2.68. The zero-order chi connectivity index (χ0) is 14.8. The highest BCUT2D eigenvalue weighted by Gasteiger charge is 2.09. The van der Waals surface area contributed by atoms with E-state index in [1.807, 2.05) is 6.07 Å². The van der Waals surface area contributed by atoms with Crippen molar-refractivity contribution in [1.29, 1.82) is 5.26 Å². The summed E-state index contributed by atoms with van der Waals surface area (Å²) < 4.78 is 22.7. The quantitative estimate of drug-likeness (QED) is 0.933. The molecule has 5 nitrogen and oxygen atoms in total. The van der Waals surface area contributed by atoms with Gasteiger partial charge in [0.2, 0.25) is 0 Å². The van der Waals surface area contributed by atoms with Crippen molar-refractivity contribution >= 4 is 37.9 Å². The van der Waals surface area contributed by atoms with Gasteiger partial charge in [-0.2, -0.15) is 5.26 Å². The van der Waals surface area contributed by atoms with Crippen molar-refractivity contribution in [2.45, 2.75) is 11.4 Å². The maximum absolute atomic E-state index is 11.3. The van der Waals surface area contributed by atoms with Crippen LogP contribution < -0.4 is 5.32 Å². The lowest BCUT2D eigenvalue weighted by Gasteiger charge is -2.04. The summed E-state index contributed by atoms with van der Waals surface area (Å²) in [7, 11) is -3.18. The van der Waals surface area contributed by atoms with Gasteiger partial charge in [0, 0.05) is 12.8 Å². The standard InChI is InChI=1S/C12H10ClN3O2S2/c1-20(17,18)9-4-2-8(3-5-9)7-15-12-16-11(13)10(6-14)19-12/h2-5H,7H2,1H3,(H,15,16). The molecule has 20 heavy (non-hydrogen) atoms. The minimum atomic E-state index is -3.18. The molecule has 0 atom stereocenters. The Hall–Kier alpha value is -1.62. The number of hydrogen-bond donors (Lipinski definition) is 1. The molecular formula is C12H10ClN3O2S2. The highest BCUT2D eigenvalue weighted by molar-refractivity contribution is 7.90. The summed E-state index contributed by atoms with van der Waals surface area (Å²) in [6, 6.07) is 8.52. The molecule has 0 saturated carbocycles. The first-order chi connectivity index (χ1) is 9.40. The average Bonchev–Trinajstić information content (AvgIpc) is 2.76. The summed E-state index contributed by atoms with van der Waals surface area (Å²) in [5, 5.41) is 12.6. The molecule has 2 rings (SSSR count). The first-order valence-electron chi connectivity index (χ1n) is 5.49. The fourth-order valence-corrected chi connectivity index (χ4v) is 3.05. The second kappa shape index (κ2) is 5.79. The Morgan fingerprint density at radius 3 is 2.55 bits per heavy atom. The lowest BCUT2D eigenvalue weighted by atomic mass is 10.2. The van der Waals surface area contributed by atoms with Gasteiger partial charge in [0.1, 0.15) is 10.9 Å². The van der Waals surface area contributed by atoms with E-state index in [4.69, 9.17) is 16.9 Å². The minimum absolute atomic E-state index is 0.187. The van der Waals surface area contributed by atoms with Gasteiger partial charge in [0.15, 0.2) is 20.1 Å². The molecule has 1 aromatic heterocycles. The van der Waals surface area contributed by atoms with E-state index in [0.29, 0.717) is 16.6 Å². The topological polar surface area (TPSA) is 82.8 Å². The molecule has 0 unspecified atom stereocenters. The molecule has 0 fully saturated rings. The van der Waals surface area contributed by atoms with Crippen molar-refractivity contribution in [3.63, 3.8) is 0 Å². The minimum Gasteiger partial charge on any atom is -0.357 e. The van der Waals surface area contributed by atoms with E-state index in [2.05, 4.69) is 10.3 Å². The van der Waals surface area contributed by atoms with E-state index < -0.39 is 9.84 Å². The van der Waals surface area contributed by atoms with Crippen molar-refractivity contribution in [2.75, 3.05) is 11.6 Å². The monoisotopic (exact) mass is 327 g/mol. The van der Waals surface area contributed by atoms with Gasteiger partial charge in [-0.15, -0.1) is 0 Å². The van der Waals surface area contributed by atoms with Gasteiger partial charge in [-0.3, -0.25) is 0 Å². The fourth-order valence-electron chi connectivity index (χ4n) is 1.48. The molecule has 0 aliphatic carbocycles. The van der Waals surface area contributed by atoms with Crippen LogP contribution in [0.2, 0.25) is 5.15 Å². The Labute approximate surface area is 125 Å². The van der Waals surface area contributed by atoms with Gasteiger partial charge in [-0.1, -0.05) is 35.1 Å². The summed E-state index contributed by atoms with van der Waals surface area (Å²) >= 11 is 6.94. The Morgan fingerprint density at radius 2 is 2.05 bits per heavy atom. The Morgan fingerprint density at radius 1 is 1.40 bits per heavy atom. The van der Waals surface area contributed by atoms with E-state index in [0.717, 1.165) is 5.56 Å². The van der Waals surface area contributed by atoms with Crippen LogP contribution in [-0.4, -0.2) is 19.7 Å². The summed E-state index contributed by atoms with van der Waals surface area (Å²) in [6.07, 6.45) is 1.17. The molecule has 0 bridgehead atoms. The maximum atomic E-state index is 11.3. The lowest BCUT2D eigenvalue weighted by molar-refractivity contribution is 0.602. The first-order valence-corrected chi connectivity index (χ1v) is 8.58. The molecule has 0 saturated heterocycles. The van der Waals surface area contributed by atoms with Crippen molar-refractivity contribution in [1.82, 2.24) is 4.98 Å². The largest absolute Gasteiger partial charge is 0.357 e. The lowest BCUT2D eigenvalue weighted by Crippen LogP contribution is -2.00. The van der Waals surface area contributed by atoms with Crippen LogP contribution in [0.1, 0.15) is 10.4 Å². The number of sulfone groups is 1.